The quantitative estimate of drug-likeness (QED) is 0.526. The molecule has 2 fully saturated rings. The monoisotopic (exact) mass is 503 g/mol. The minimum atomic E-state index is -5.11. The number of ether oxygens (including phenoxy) is 3. The average Bonchev–Trinajstić information content (AvgIpc) is 3.38. The molecule has 3 aromatic rings. The average molecular weight is 504 g/mol. The van der Waals surface area contributed by atoms with Gasteiger partial charge in [-0.25, -0.2) is 9.97 Å². The van der Waals surface area contributed by atoms with Crippen molar-refractivity contribution in [2.45, 2.75) is 56.0 Å². The van der Waals surface area contributed by atoms with E-state index in [-0.39, 0.29) is 10.2 Å². The lowest BCUT2D eigenvalue weighted by Gasteiger charge is -2.38. The van der Waals surface area contributed by atoms with Crippen LogP contribution in [0.1, 0.15) is 25.6 Å². The van der Waals surface area contributed by atoms with Crippen LogP contribution in [0.15, 0.2) is 42.9 Å². The van der Waals surface area contributed by atoms with E-state index in [1.807, 2.05) is 0 Å². The van der Waals surface area contributed by atoms with Crippen molar-refractivity contribution in [1.29, 1.82) is 0 Å². The predicted molar refractivity (Wildman–Crippen MR) is 112 cm³/mol. The summed E-state index contributed by atoms with van der Waals surface area (Å²) in [6, 6.07) is 6.39. The van der Waals surface area contributed by atoms with Crippen molar-refractivity contribution in [2.75, 3.05) is 0 Å². The Kier molecular flexibility index (Phi) is 5.20. The van der Waals surface area contributed by atoms with Gasteiger partial charge in [-0.15, -0.1) is 0 Å². The van der Waals surface area contributed by atoms with Crippen LogP contribution >= 0.6 is 23.2 Å². The van der Waals surface area contributed by atoms with Crippen LogP contribution in [-0.2, 0) is 19.8 Å². The number of halogens is 5. The first kappa shape index (κ1) is 22.8. The molecule has 1 unspecified atom stereocenters. The van der Waals surface area contributed by atoms with E-state index in [2.05, 4.69) is 9.97 Å². The summed E-state index contributed by atoms with van der Waals surface area (Å²) >= 11 is 12.0. The van der Waals surface area contributed by atoms with Gasteiger partial charge in [-0.2, -0.15) is 13.2 Å². The number of aromatic nitrogens is 3. The fourth-order valence-corrected chi connectivity index (χ4v) is 4.79. The summed E-state index contributed by atoms with van der Waals surface area (Å²) in [4.78, 5) is 8.11. The smallest absolute Gasteiger partial charge is 0.374 e. The predicted octanol–water partition coefficient (Wildman–Crippen LogP) is 4.61. The van der Waals surface area contributed by atoms with E-state index in [9.17, 15) is 18.3 Å². The molecule has 2 saturated heterocycles. The Morgan fingerprint density at radius 1 is 1.03 bits per heavy atom. The molecule has 176 valence electrons. The Bertz CT molecular complexity index is 1200. The first-order chi connectivity index (χ1) is 15.4. The highest BCUT2D eigenvalue weighted by Crippen LogP contribution is 2.53. The van der Waals surface area contributed by atoms with Crippen LogP contribution < -0.4 is 0 Å². The molecule has 2 aromatic heterocycles. The molecule has 0 spiro atoms. The Balaban J connectivity index is 1.64. The van der Waals surface area contributed by atoms with Crippen LogP contribution in [0, 0.1) is 0 Å². The zero-order chi connectivity index (χ0) is 23.8. The van der Waals surface area contributed by atoms with Crippen molar-refractivity contribution in [3.63, 3.8) is 0 Å². The van der Waals surface area contributed by atoms with Crippen LogP contribution in [0.4, 0.5) is 13.2 Å². The third-order valence-electron chi connectivity index (χ3n) is 5.89. The maximum absolute atomic E-state index is 14.5. The zero-order valence-electron chi connectivity index (χ0n) is 17.3. The number of rotatable bonds is 3. The molecule has 12 heteroatoms. The molecule has 0 saturated carbocycles. The number of hydrogen-bond donors (Lipinski definition) is 1. The van der Waals surface area contributed by atoms with Gasteiger partial charge in [-0.05, 0) is 37.6 Å². The summed E-state index contributed by atoms with van der Waals surface area (Å²) < 4.78 is 62.6. The summed E-state index contributed by atoms with van der Waals surface area (Å²) in [5, 5.41) is 12.1. The van der Waals surface area contributed by atoms with Gasteiger partial charge >= 0.3 is 6.18 Å². The normalized spacial score (nSPS) is 28.7. The number of nitrogens with zero attached hydrogens (tertiary/aromatic N) is 3. The highest BCUT2D eigenvalue weighted by Gasteiger charge is 2.70. The largest absolute Gasteiger partial charge is 0.424 e. The molecule has 0 amide bonds. The lowest BCUT2D eigenvalue weighted by molar-refractivity contribution is -0.319. The van der Waals surface area contributed by atoms with Crippen molar-refractivity contribution in [2.24, 2.45) is 0 Å². The van der Waals surface area contributed by atoms with Crippen molar-refractivity contribution >= 4 is 34.2 Å². The molecule has 0 aliphatic carbocycles. The van der Waals surface area contributed by atoms with Gasteiger partial charge in [0.2, 0.25) is 5.60 Å². The van der Waals surface area contributed by atoms with E-state index in [0.29, 0.717) is 11.0 Å². The molecule has 5 atom stereocenters. The third kappa shape index (κ3) is 3.51. The fraction of sp³-hybridized carbons (Fsp3) is 0.429. The lowest BCUT2D eigenvalue weighted by atomic mass is 9.84. The van der Waals surface area contributed by atoms with Crippen molar-refractivity contribution in [1.82, 2.24) is 14.5 Å². The van der Waals surface area contributed by atoms with Crippen LogP contribution in [0.3, 0.4) is 0 Å². The third-order valence-corrected chi connectivity index (χ3v) is 6.45. The number of alkyl halides is 3. The minimum Gasteiger partial charge on any atom is -0.374 e. The molecular formula is C21H18Cl2F3N3O4. The molecule has 33 heavy (non-hydrogen) atoms. The minimum absolute atomic E-state index is 0.182. The maximum atomic E-state index is 14.5. The van der Waals surface area contributed by atoms with E-state index >= 15 is 0 Å². The molecule has 0 radical (unpaired) electrons. The van der Waals surface area contributed by atoms with Gasteiger partial charge < -0.3 is 23.9 Å². The van der Waals surface area contributed by atoms with Gasteiger partial charge in [-0.3, -0.25) is 0 Å². The van der Waals surface area contributed by atoms with E-state index in [1.54, 1.807) is 26.1 Å². The van der Waals surface area contributed by atoms with Crippen molar-refractivity contribution < 1.29 is 32.5 Å². The van der Waals surface area contributed by atoms with Crippen molar-refractivity contribution in [3.8, 4) is 0 Å². The van der Waals surface area contributed by atoms with Crippen LogP contribution in [0.2, 0.25) is 10.2 Å². The number of hydrogen-bond acceptors (Lipinski definition) is 6. The summed E-state index contributed by atoms with van der Waals surface area (Å²) in [6.45, 7) is 3.17. The van der Waals surface area contributed by atoms with Crippen molar-refractivity contribution in [3.05, 3.63) is 58.6 Å². The van der Waals surface area contributed by atoms with Gasteiger partial charge in [0.1, 0.15) is 35.4 Å². The standard InChI is InChI=1S/C21H18Cl2F3N3O4/c1-19(2)32-13-14(33-19)18(29-8-7-12-16(23)27-9-28-17(12)29)31-15(13)20(30,21(24,25)26)10-3-5-11(22)6-4-10/h3-9,13-15,18,30H,1-2H3/t13-,14+,15-,18+,20?/m0/s1. The molecule has 5 rings (SSSR count). The van der Waals surface area contributed by atoms with Crippen LogP contribution in [-0.4, -0.2) is 49.9 Å². The van der Waals surface area contributed by atoms with E-state index in [4.69, 9.17) is 37.4 Å². The molecule has 2 aliphatic rings. The lowest BCUT2D eigenvalue weighted by Crippen LogP contribution is -2.56. The van der Waals surface area contributed by atoms with Gasteiger partial charge in [0.05, 0.1) is 5.39 Å². The maximum Gasteiger partial charge on any atom is 0.424 e. The molecule has 1 N–H and O–H groups in total. The summed E-state index contributed by atoms with van der Waals surface area (Å²) in [6.07, 6.45) is -7.47. The zero-order valence-corrected chi connectivity index (χ0v) is 18.8. The van der Waals surface area contributed by atoms with Gasteiger partial charge in [0.25, 0.3) is 0 Å². The molecule has 4 heterocycles. The highest BCUT2D eigenvalue weighted by atomic mass is 35.5. The first-order valence-corrected chi connectivity index (χ1v) is 10.7. The number of benzene rings is 1. The number of fused-ring (bicyclic) bond motifs is 2. The van der Waals surface area contributed by atoms with Gasteiger partial charge in [-0.1, -0.05) is 35.3 Å². The SMILES string of the molecule is CC1(C)O[C@@H]2[C@H](O1)[C@@H](C(O)(c1ccc(Cl)cc1)C(F)(F)F)O[C@H]2n1ccc2c(Cl)ncnc21. The molecular weight excluding hydrogens is 486 g/mol. The van der Waals surface area contributed by atoms with Crippen LogP contribution in [0.25, 0.3) is 11.0 Å². The van der Waals surface area contributed by atoms with Crippen LogP contribution in [0.5, 0.6) is 0 Å². The second-order valence-corrected chi connectivity index (χ2v) is 9.20. The van der Waals surface area contributed by atoms with E-state index in [1.165, 1.54) is 23.0 Å². The molecule has 1 aromatic carbocycles. The first-order valence-electron chi connectivity index (χ1n) is 9.96. The van der Waals surface area contributed by atoms with Gasteiger partial charge in [0.15, 0.2) is 12.0 Å². The second-order valence-electron chi connectivity index (χ2n) is 8.41. The Morgan fingerprint density at radius 3 is 2.36 bits per heavy atom. The summed E-state index contributed by atoms with van der Waals surface area (Å²) in [5.41, 5.74) is -3.50. The molecule has 0 bridgehead atoms. The fourth-order valence-electron chi connectivity index (χ4n) is 4.48. The molecule has 7 nitrogen and oxygen atoms in total. The molecule has 2 aliphatic heterocycles. The van der Waals surface area contributed by atoms with E-state index in [0.717, 1.165) is 12.1 Å². The summed E-state index contributed by atoms with van der Waals surface area (Å²) in [5.74, 6) is -1.21. The van der Waals surface area contributed by atoms with Gasteiger partial charge in [0, 0.05) is 11.2 Å². The Labute approximate surface area is 196 Å². The number of aliphatic hydroxyl groups is 1. The topological polar surface area (TPSA) is 78.6 Å². The summed E-state index contributed by atoms with van der Waals surface area (Å²) in [7, 11) is 0. The van der Waals surface area contributed by atoms with E-state index < -0.39 is 47.7 Å². The Morgan fingerprint density at radius 2 is 1.70 bits per heavy atom. The Hall–Kier alpha value is -1.95. The highest BCUT2D eigenvalue weighted by molar-refractivity contribution is 6.33. The second kappa shape index (κ2) is 7.53.